The van der Waals surface area contributed by atoms with Gasteiger partial charge < -0.3 is 65.3 Å². The van der Waals surface area contributed by atoms with Crippen LogP contribution in [0.5, 0.6) is 0 Å². The highest BCUT2D eigenvalue weighted by molar-refractivity contribution is 8.08. The van der Waals surface area contributed by atoms with Crippen molar-refractivity contribution in [2.75, 3.05) is 18.9 Å². The lowest BCUT2D eigenvalue weighted by Crippen LogP contribution is -2.61. The number of nitrogen functional groups attached to an aromatic ring is 1. The van der Waals surface area contributed by atoms with Gasteiger partial charge in [-0.25, -0.2) is 18.8 Å². The molecule has 0 aromatic carbocycles. The van der Waals surface area contributed by atoms with E-state index in [1.807, 2.05) is 0 Å². The van der Waals surface area contributed by atoms with E-state index in [9.17, 15) is 45.0 Å². The largest absolute Gasteiger partial charge is 0.481 e. The topological polar surface area (TPSA) is 297 Å². The third-order valence-corrected chi connectivity index (χ3v) is 11.1. The number of phosphoric ester groups is 1. The van der Waals surface area contributed by atoms with E-state index in [4.69, 9.17) is 36.6 Å². The molecule has 0 saturated carbocycles. The van der Waals surface area contributed by atoms with Crippen LogP contribution in [-0.4, -0.2) is 123 Å². The van der Waals surface area contributed by atoms with Crippen LogP contribution in [0.1, 0.15) is 11.7 Å². The molecule has 0 aliphatic carbocycles. The molecule has 0 amide bonds. The number of hydrogen-bond donors (Lipinski definition) is 10. The molecule has 4 heterocycles. The predicted molar refractivity (Wildman–Crippen MR) is 145 cm³/mol. The summed E-state index contributed by atoms with van der Waals surface area (Å²) in [6.45, 7) is -2.87. The molecule has 2 aliphatic heterocycles. The van der Waals surface area contributed by atoms with Crippen LogP contribution in [0, 0.1) is 0 Å². The molecule has 42 heavy (non-hydrogen) atoms. The van der Waals surface area contributed by atoms with Gasteiger partial charge in [-0.15, -0.1) is 17.9 Å². The lowest BCUT2D eigenvalue weighted by atomic mass is 9.87. The minimum atomic E-state index is -5.47. The molecule has 2 aromatic heterocycles. The fraction of sp³-hybridized carbons (Fsp3) is 0.600. The summed E-state index contributed by atoms with van der Waals surface area (Å²) in [6, 6.07) is 0. The normalized spacial score (nSPS) is 37.3. The first-order valence-corrected chi connectivity index (χ1v) is 16.9. The average molecular weight is 678 g/mol. The number of anilines is 1. The zero-order chi connectivity index (χ0) is 31.2. The summed E-state index contributed by atoms with van der Waals surface area (Å²) < 4.78 is 38.2. The van der Waals surface area contributed by atoms with Crippen molar-refractivity contribution in [1.29, 1.82) is 0 Å². The molecular weight excluding hydrogens is 648 g/mol. The van der Waals surface area contributed by atoms with Crippen LogP contribution < -0.4 is 5.73 Å². The predicted octanol–water partition coefficient (Wildman–Crippen LogP) is -2.48. The van der Waals surface area contributed by atoms with E-state index in [1.54, 1.807) is 5.38 Å². The Hall–Kier alpha value is -1.10. The number of thiophene rings is 1. The third kappa shape index (κ3) is 6.62. The summed E-state index contributed by atoms with van der Waals surface area (Å²) in [7, 11) is -5.47. The molecule has 2 fully saturated rings. The van der Waals surface area contributed by atoms with Gasteiger partial charge in [-0.2, -0.15) is 0 Å². The maximum Gasteiger partial charge on any atom is 0.481 e. The van der Waals surface area contributed by atoms with Crippen LogP contribution in [0.15, 0.2) is 24.4 Å². The Morgan fingerprint density at radius 3 is 2.55 bits per heavy atom. The van der Waals surface area contributed by atoms with Crippen LogP contribution in [0.3, 0.4) is 0 Å². The molecule has 4 rings (SSSR count). The van der Waals surface area contributed by atoms with Gasteiger partial charge in [-0.05, 0) is 17.2 Å². The van der Waals surface area contributed by atoms with Crippen LogP contribution in [0.2, 0.25) is 0 Å². The molecule has 2 saturated heterocycles. The highest BCUT2D eigenvalue weighted by Crippen LogP contribution is 2.62. The highest BCUT2D eigenvalue weighted by Gasteiger charge is 2.55. The summed E-state index contributed by atoms with van der Waals surface area (Å²) in [5, 5.41) is 72.5. The third-order valence-electron chi connectivity index (χ3n) is 6.59. The van der Waals surface area contributed by atoms with Crippen molar-refractivity contribution >= 4 is 53.7 Å². The maximum atomic E-state index is 12.6. The molecule has 0 radical (unpaired) electrons. The molecule has 2 aliphatic rings. The molecular formula is C20H29N3O15P2S2. The van der Waals surface area contributed by atoms with Crippen molar-refractivity contribution in [3.8, 4) is 0 Å². The maximum absolute atomic E-state index is 12.6. The summed E-state index contributed by atoms with van der Waals surface area (Å²) >= 11 is 5.92. The fourth-order valence-corrected chi connectivity index (χ4v) is 8.45. The minimum absolute atomic E-state index is 0.183. The summed E-state index contributed by atoms with van der Waals surface area (Å²) in [5.74, 6) is 0.183. The van der Waals surface area contributed by atoms with Gasteiger partial charge in [-0.3, -0.25) is 4.52 Å². The van der Waals surface area contributed by atoms with Crippen LogP contribution >= 0.6 is 25.9 Å². The molecule has 11 N–H and O–H groups in total. The van der Waals surface area contributed by atoms with E-state index in [-0.39, 0.29) is 5.82 Å². The quantitative estimate of drug-likeness (QED) is 0.0869. The van der Waals surface area contributed by atoms with E-state index < -0.39 is 88.5 Å². The Bertz CT molecular complexity index is 1390. The molecule has 236 valence electrons. The van der Waals surface area contributed by atoms with Crippen molar-refractivity contribution < 1.29 is 72.9 Å². The molecule has 18 nitrogen and oxygen atoms in total. The van der Waals surface area contributed by atoms with E-state index in [2.05, 4.69) is 25.4 Å². The lowest BCUT2D eigenvalue weighted by Gasteiger charge is -2.41. The fourth-order valence-electron chi connectivity index (χ4n) is 4.42. The van der Waals surface area contributed by atoms with Gasteiger partial charge in [0, 0.05) is 5.56 Å². The molecule has 12 atom stereocenters. The smallest absolute Gasteiger partial charge is 0.394 e. The van der Waals surface area contributed by atoms with E-state index in [0.717, 1.165) is 6.08 Å². The number of hydrogen-bond acceptors (Lipinski definition) is 18. The van der Waals surface area contributed by atoms with E-state index in [1.165, 1.54) is 17.7 Å². The van der Waals surface area contributed by atoms with Crippen LogP contribution in [0.25, 0.3) is 10.2 Å². The Morgan fingerprint density at radius 1 is 1.21 bits per heavy atom. The van der Waals surface area contributed by atoms with Gasteiger partial charge in [0.15, 0.2) is 6.29 Å². The monoisotopic (exact) mass is 677 g/mol. The van der Waals surface area contributed by atoms with E-state index >= 15 is 0 Å². The van der Waals surface area contributed by atoms with Crippen molar-refractivity contribution in [2.24, 2.45) is 0 Å². The minimum Gasteiger partial charge on any atom is -0.394 e. The van der Waals surface area contributed by atoms with Crippen molar-refractivity contribution in [3.63, 3.8) is 0 Å². The van der Waals surface area contributed by atoms with Gasteiger partial charge >= 0.3 is 14.5 Å². The second-order valence-electron chi connectivity index (χ2n) is 9.33. The number of nitrogens with two attached hydrogens (primary N) is 1. The molecule has 7 unspecified atom stereocenters. The first-order chi connectivity index (χ1) is 19.5. The lowest BCUT2D eigenvalue weighted by molar-refractivity contribution is -0.292. The summed E-state index contributed by atoms with van der Waals surface area (Å²) in [6.07, 6.45) is -14.0. The number of aliphatic hydroxyl groups is 7. The number of phosphoric acid groups is 1. The number of aromatic nitrogens is 2. The Labute approximate surface area is 246 Å². The second kappa shape index (κ2) is 12.7. The van der Waals surface area contributed by atoms with Crippen LogP contribution in [-0.2, 0) is 39.2 Å². The molecule has 0 spiro atoms. The molecule has 0 bridgehead atoms. The molecule has 22 heteroatoms. The zero-order valence-electron chi connectivity index (χ0n) is 21.2. The van der Waals surface area contributed by atoms with E-state index in [0.29, 0.717) is 15.8 Å². The SMILES string of the molecule is C=C[C@@]1(O)[C@H](O)[C@@H](COP(O)(=S)OP(=O)(O)OC2OC([C@@H](O)CO)C(O)C(O)C2O)O[C@H]1c1csc2c(N)ncnc12. The van der Waals surface area contributed by atoms with Gasteiger partial charge in [0.1, 0.15) is 66.6 Å². The highest BCUT2D eigenvalue weighted by atomic mass is 32.5. The summed E-state index contributed by atoms with van der Waals surface area (Å²) in [4.78, 5) is 28.6. The number of fused-ring (bicyclic) bond motifs is 1. The number of rotatable bonds is 11. The van der Waals surface area contributed by atoms with Gasteiger partial charge in [0.2, 0.25) is 0 Å². The zero-order valence-corrected chi connectivity index (χ0v) is 24.6. The standard InChI is InChI=1S/C20H29N3O15P2S2/c1-2-20(30)16(29)9(35-17(20)7-5-42-15-10(7)22-6-23-18(15)21)4-34-40(33,41)38-39(31,32)37-19-13(28)11(26)12(27)14(36-19)8(25)3-24/h2,5-6,8-9,11-14,16-17,19,24-30H,1,3-4H2,(H,31,32)(H,33,41)(H2,21,22,23)/t8-,9+,11?,12?,13?,14?,16+,17-,19?,20+,40?/m0/s1. The average Bonchev–Trinajstić information content (AvgIpc) is 3.46. The first-order valence-electron chi connectivity index (χ1n) is 11.9. The Morgan fingerprint density at radius 2 is 1.90 bits per heavy atom. The van der Waals surface area contributed by atoms with Crippen molar-refractivity contribution in [3.05, 3.63) is 29.9 Å². The number of ether oxygens (including phenoxy) is 2. The van der Waals surface area contributed by atoms with Crippen LogP contribution in [0.4, 0.5) is 5.82 Å². The second-order valence-corrected chi connectivity index (χ2v) is 14.6. The molecule has 2 aromatic rings. The van der Waals surface area contributed by atoms with Gasteiger partial charge in [0.25, 0.3) is 0 Å². The Kier molecular flexibility index (Phi) is 10.2. The van der Waals surface area contributed by atoms with Crippen molar-refractivity contribution in [1.82, 2.24) is 9.97 Å². The van der Waals surface area contributed by atoms with Crippen molar-refractivity contribution in [2.45, 2.75) is 60.7 Å². The number of aliphatic hydroxyl groups excluding tert-OH is 6. The Balaban J connectivity index is 1.44. The van der Waals surface area contributed by atoms with Gasteiger partial charge in [0.05, 0.1) is 23.4 Å². The first kappa shape index (κ1) is 33.8. The number of nitrogens with zero attached hydrogens (tertiary/aromatic N) is 2. The van der Waals surface area contributed by atoms with Gasteiger partial charge in [-0.1, -0.05) is 6.08 Å². The summed E-state index contributed by atoms with van der Waals surface area (Å²) in [5.41, 5.74) is 4.46.